The monoisotopic (exact) mass is 350 g/mol. The number of likely N-dealkylation sites (tertiary alicyclic amines) is 1. The lowest BCUT2D eigenvalue weighted by atomic mass is 10.0. The van der Waals surface area contributed by atoms with E-state index in [-0.39, 0.29) is 6.04 Å². The topological polar surface area (TPSA) is 32.3 Å². The van der Waals surface area contributed by atoms with Crippen molar-refractivity contribution < 1.29 is 4.79 Å². The lowest BCUT2D eigenvalue weighted by molar-refractivity contribution is -0.132. The second-order valence-electron chi connectivity index (χ2n) is 6.25. The maximum Gasteiger partial charge on any atom is 0.224 e. The molecule has 2 atom stereocenters. The van der Waals surface area contributed by atoms with Gasteiger partial charge in [-0.25, -0.2) is 0 Å². The quantitative estimate of drug-likeness (QED) is 0.903. The number of benzene rings is 1. The molecular formula is C17H23BrN2O. The zero-order valence-corrected chi connectivity index (χ0v) is 14.2. The van der Waals surface area contributed by atoms with E-state index in [9.17, 15) is 4.79 Å². The number of aryl methyl sites for hydroxylation is 1. The summed E-state index contributed by atoms with van der Waals surface area (Å²) in [6.07, 6.45) is 5.20. The predicted octanol–water partition coefficient (Wildman–Crippen LogP) is 3.56. The van der Waals surface area contributed by atoms with E-state index < -0.39 is 0 Å². The van der Waals surface area contributed by atoms with Crippen molar-refractivity contribution in [2.24, 2.45) is 0 Å². The molecule has 0 spiro atoms. The van der Waals surface area contributed by atoms with Gasteiger partial charge >= 0.3 is 0 Å². The highest BCUT2D eigenvalue weighted by Gasteiger charge is 2.31. The van der Waals surface area contributed by atoms with E-state index >= 15 is 0 Å². The average molecular weight is 351 g/mol. The van der Waals surface area contributed by atoms with E-state index in [4.69, 9.17) is 0 Å². The summed E-state index contributed by atoms with van der Waals surface area (Å²) in [4.78, 5) is 14.7. The normalized spacial score (nSPS) is 25.5. The fourth-order valence-corrected chi connectivity index (χ4v) is 3.79. The smallest absolute Gasteiger partial charge is 0.224 e. The van der Waals surface area contributed by atoms with Crippen molar-refractivity contribution in [2.75, 3.05) is 13.1 Å². The molecule has 1 aromatic rings. The van der Waals surface area contributed by atoms with Gasteiger partial charge in [0.1, 0.15) is 0 Å². The molecule has 0 bridgehead atoms. The molecule has 0 radical (unpaired) electrons. The van der Waals surface area contributed by atoms with E-state index in [2.05, 4.69) is 51.3 Å². The molecule has 0 aromatic heterocycles. The highest BCUT2D eigenvalue weighted by molar-refractivity contribution is 9.10. The fraction of sp³-hybridized carbons (Fsp3) is 0.588. The largest absolute Gasteiger partial charge is 0.336 e. The van der Waals surface area contributed by atoms with Crippen LogP contribution in [0.5, 0.6) is 0 Å². The number of nitrogens with zero attached hydrogens (tertiary/aromatic N) is 1. The molecule has 2 heterocycles. The van der Waals surface area contributed by atoms with Gasteiger partial charge in [-0.3, -0.25) is 4.79 Å². The Hall–Kier alpha value is -0.870. The van der Waals surface area contributed by atoms with Gasteiger partial charge in [0, 0.05) is 23.5 Å². The minimum absolute atomic E-state index is 0.269. The van der Waals surface area contributed by atoms with Crippen molar-refractivity contribution in [1.29, 1.82) is 0 Å². The summed E-state index contributed by atoms with van der Waals surface area (Å²) in [5.74, 6) is 0.317. The van der Waals surface area contributed by atoms with Crippen LogP contribution in [0.25, 0.3) is 0 Å². The number of hydrogen-bond acceptors (Lipinski definition) is 2. The molecule has 21 heavy (non-hydrogen) atoms. The molecule has 114 valence electrons. The summed E-state index contributed by atoms with van der Waals surface area (Å²) < 4.78 is 1.14. The molecule has 2 unspecified atom stereocenters. The van der Waals surface area contributed by atoms with Crippen LogP contribution in [0.4, 0.5) is 0 Å². The maximum absolute atomic E-state index is 12.6. The van der Waals surface area contributed by atoms with Crippen molar-refractivity contribution >= 4 is 21.8 Å². The Morgan fingerprint density at radius 1 is 1.38 bits per heavy atom. The van der Waals surface area contributed by atoms with Gasteiger partial charge in [-0.05, 0) is 56.3 Å². The van der Waals surface area contributed by atoms with Crippen LogP contribution in [0, 0.1) is 6.92 Å². The van der Waals surface area contributed by atoms with Crippen molar-refractivity contribution in [3.05, 3.63) is 33.8 Å². The van der Waals surface area contributed by atoms with Gasteiger partial charge in [-0.1, -0.05) is 28.1 Å². The van der Waals surface area contributed by atoms with E-state index in [1.54, 1.807) is 0 Å². The summed E-state index contributed by atoms with van der Waals surface area (Å²) >= 11 is 3.55. The van der Waals surface area contributed by atoms with Crippen molar-refractivity contribution in [1.82, 2.24) is 10.2 Å². The average Bonchev–Trinajstić information content (AvgIpc) is 3.12. The number of carbonyl (C=O) groups excluding carboxylic acids is 1. The Kier molecular flexibility index (Phi) is 4.65. The van der Waals surface area contributed by atoms with Gasteiger partial charge < -0.3 is 10.2 Å². The van der Waals surface area contributed by atoms with Gasteiger partial charge in [0.05, 0.1) is 6.04 Å². The number of carbonyl (C=O) groups is 1. The van der Waals surface area contributed by atoms with Crippen molar-refractivity contribution in [3.8, 4) is 0 Å². The SMILES string of the molecule is Cc1cc(C2CCCN2C(=O)CC2CCCN2)ccc1Br. The highest BCUT2D eigenvalue weighted by atomic mass is 79.9. The third kappa shape index (κ3) is 3.32. The second-order valence-corrected chi connectivity index (χ2v) is 7.11. The molecule has 0 saturated carbocycles. The molecule has 1 N–H and O–H groups in total. The standard InChI is InChI=1S/C17H23BrN2O/c1-12-10-13(6-7-15(12)18)16-5-3-9-20(16)17(21)11-14-4-2-8-19-14/h6-7,10,14,16,19H,2-5,8-9,11H2,1H3. The van der Waals surface area contributed by atoms with Crippen LogP contribution in [0.15, 0.2) is 22.7 Å². The molecule has 1 aromatic carbocycles. The number of nitrogens with one attached hydrogen (secondary N) is 1. The molecule has 1 amide bonds. The van der Waals surface area contributed by atoms with E-state index in [1.165, 1.54) is 17.5 Å². The first-order valence-electron chi connectivity index (χ1n) is 7.94. The van der Waals surface area contributed by atoms with Crippen LogP contribution in [0.3, 0.4) is 0 Å². The fourth-order valence-electron chi connectivity index (χ4n) is 3.55. The Bertz CT molecular complexity index is 526. The van der Waals surface area contributed by atoms with E-state index in [1.807, 2.05) is 0 Å². The van der Waals surface area contributed by atoms with Crippen LogP contribution >= 0.6 is 15.9 Å². The zero-order chi connectivity index (χ0) is 14.8. The number of rotatable bonds is 3. The molecular weight excluding hydrogens is 328 g/mol. The Labute approximate surface area is 135 Å². The summed E-state index contributed by atoms with van der Waals surface area (Å²) in [6, 6.07) is 7.13. The van der Waals surface area contributed by atoms with Gasteiger partial charge in [0.2, 0.25) is 5.91 Å². The molecule has 0 aliphatic carbocycles. The molecule has 2 aliphatic rings. The summed E-state index contributed by atoms with van der Waals surface area (Å²) in [7, 11) is 0. The Morgan fingerprint density at radius 2 is 2.24 bits per heavy atom. The zero-order valence-electron chi connectivity index (χ0n) is 12.6. The minimum atomic E-state index is 0.269. The first kappa shape index (κ1) is 15.0. The second kappa shape index (κ2) is 6.49. The van der Waals surface area contributed by atoms with Crippen LogP contribution in [-0.4, -0.2) is 29.9 Å². The summed E-state index contributed by atoms with van der Waals surface area (Å²) in [5, 5.41) is 3.43. The molecule has 2 fully saturated rings. The molecule has 2 aliphatic heterocycles. The lowest BCUT2D eigenvalue weighted by Crippen LogP contribution is -2.35. The molecule has 4 heteroatoms. The molecule has 3 rings (SSSR count). The van der Waals surface area contributed by atoms with Crippen LogP contribution in [-0.2, 0) is 4.79 Å². The summed E-state index contributed by atoms with van der Waals surface area (Å²) in [6.45, 7) is 4.08. The van der Waals surface area contributed by atoms with Gasteiger partial charge in [0.25, 0.3) is 0 Å². The maximum atomic E-state index is 12.6. The van der Waals surface area contributed by atoms with Crippen LogP contribution in [0.1, 0.15) is 49.3 Å². The number of halogens is 1. The van der Waals surface area contributed by atoms with E-state index in [0.717, 1.165) is 36.8 Å². The van der Waals surface area contributed by atoms with Crippen molar-refractivity contribution in [2.45, 2.75) is 51.1 Å². The molecule has 3 nitrogen and oxygen atoms in total. The van der Waals surface area contributed by atoms with Gasteiger partial charge in [0.15, 0.2) is 0 Å². The number of amides is 1. The minimum Gasteiger partial charge on any atom is -0.336 e. The van der Waals surface area contributed by atoms with Gasteiger partial charge in [-0.15, -0.1) is 0 Å². The highest BCUT2D eigenvalue weighted by Crippen LogP contribution is 2.34. The molecule has 2 saturated heterocycles. The van der Waals surface area contributed by atoms with Crippen molar-refractivity contribution in [3.63, 3.8) is 0 Å². The lowest BCUT2D eigenvalue weighted by Gasteiger charge is -2.27. The first-order valence-corrected chi connectivity index (χ1v) is 8.73. The Morgan fingerprint density at radius 3 is 2.95 bits per heavy atom. The predicted molar refractivity (Wildman–Crippen MR) is 88.2 cm³/mol. The first-order chi connectivity index (χ1) is 10.1. The number of hydrogen-bond donors (Lipinski definition) is 1. The third-order valence-corrected chi connectivity index (χ3v) is 5.61. The third-order valence-electron chi connectivity index (χ3n) is 4.72. The Balaban J connectivity index is 1.72. The summed E-state index contributed by atoms with van der Waals surface area (Å²) in [5.41, 5.74) is 2.52. The van der Waals surface area contributed by atoms with E-state index in [0.29, 0.717) is 18.4 Å². The van der Waals surface area contributed by atoms with Gasteiger partial charge in [-0.2, -0.15) is 0 Å². The van der Waals surface area contributed by atoms with Crippen LogP contribution < -0.4 is 5.32 Å². The van der Waals surface area contributed by atoms with Crippen LogP contribution in [0.2, 0.25) is 0 Å².